The molecule has 2 atom stereocenters. The Kier molecular flexibility index (Phi) is 5.96. The summed E-state index contributed by atoms with van der Waals surface area (Å²) in [5, 5.41) is 11.0. The molecule has 4 nitrogen and oxygen atoms in total. The number of methoxy groups -OCH3 is 1. The molecule has 0 unspecified atom stereocenters. The maximum Gasteiger partial charge on any atom is 0.200 e. The highest BCUT2D eigenvalue weighted by Crippen LogP contribution is 2.25. The number of aliphatic hydroxyl groups excluding tert-OH is 1. The average Bonchev–Trinajstić information content (AvgIpc) is 2.63. The summed E-state index contributed by atoms with van der Waals surface area (Å²) in [5.41, 5.74) is 0.229. The van der Waals surface area contributed by atoms with Crippen LogP contribution in [0.25, 0.3) is 0 Å². The van der Waals surface area contributed by atoms with Gasteiger partial charge in [0.2, 0.25) is 5.82 Å². The van der Waals surface area contributed by atoms with Crippen molar-refractivity contribution in [3.63, 3.8) is 0 Å². The molecule has 1 saturated heterocycles. The van der Waals surface area contributed by atoms with Crippen molar-refractivity contribution in [2.45, 2.75) is 25.2 Å². The number of piperidine rings is 1. The molecule has 140 valence electrons. The Morgan fingerprint density at radius 1 is 1.15 bits per heavy atom. The van der Waals surface area contributed by atoms with Gasteiger partial charge in [-0.3, -0.25) is 4.90 Å². The third-order valence-corrected chi connectivity index (χ3v) is 4.70. The topological polar surface area (TPSA) is 41.9 Å². The van der Waals surface area contributed by atoms with Crippen LogP contribution in [0.4, 0.5) is 8.78 Å². The molecule has 2 aromatic rings. The fourth-order valence-corrected chi connectivity index (χ4v) is 3.16. The first-order chi connectivity index (χ1) is 12.5. The summed E-state index contributed by atoms with van der Waals surface area (Å²) in [7, 11) is 1.29. The van der Waals surface area contributed by atoms with Crippen LogP contribution in [-0.4, -0.2) is 42.4 Å². The molecule has 0 aromatic heterocycles. The lowest BCUT2D eigenvalue weighted by atomic mass is 10.0. The van der Waals surface area contributed by atoms with Gasteiger partial charge < -0.3 is 14.6 Å². The van der Waals surface area contributed by atoms with Gasteiger partial charge in [0.25, 0.3) is 0 Å². The largest absolute Gasteiger partial charge is 0.494 e. The van der Waals surface area contributed by atoms with Gasteiger partial charge in [-0.1, -0.05) is 17.7 Å². The molecule has 1 aliphatic rings. The quantitative estimate of drug-likeness (QED) is 0.856. The molecule has 0 aliphatic carbocycles. The molecule has 0 bridgehead atoms. The number of β-amino-alcohol motifs (C(OH)–C–C–N with tert-alkyl or cyclic N) is 1. The van der Waals surface area contributed by atoms with E-state index in [1.165, 1.54) is 19.2 Å². The lowest BCUT2D eigenvalue weighted by Gasteiger charge is -2.36. The summed E-state index contributed by atoms with van der Waals surface area (Å²) in [5.74, 6) is -1.40. The van der Waals surface area contributed by atoms with Crippen molar-refractivity contribution in [2.75, 3.05) is 20.2 Å². The lowest BCUT2D eigenvalue weighted by molar-refractivity contribution is -0.0277. The van der Waals surface area contributed by atoms with Gasteiger partial charge in [0.15, 0.2) is 11.6 Å². The lowest BCUT2D eigenvalue weighted by Crippen LogP contribution is -2.48. The smallest absolute Gasteiger partial charge is 0.200 e. The zero-order valence-corrected chi connectivity index (χ0v) is 15.0. The average molecular weight is 384 g/mol. The van der Waals surface area contributed by atoms with Gasteiger partial charge in [-0.05, 0) is 36.8 Å². The van der Waals surface area contributed by atoms with Crippen LogP contribution < -0.4 is 9.47 Å². The second-order valence-electron chi connectivity index (χ2n) is 6.26. The van der Waals surface area contributed by atoms with Crippen LogP contribution in [0, 0.1) is 11.6 Å². The number of nitrogens with zero attached hydrogens (tertiary/aromatic N) is 1. The molecule has 0 spiro atoms. The molecule has 0 saturated carbocycles. The van der Waals surface area contributed by atoms with E-state index >= 15 is 0 Å². The second kappa shape index (κ2) is 8.20. The van der Waals surface area contributed by atoms with Crippen LogP contribution in [0.3, 0.4) is 0 Å². The minimum Gasteiger partial charge on any atom is -0.494 e. The van der Waals surface area contributed by atoms with E-state index < -0.39 is 17.7 Å². The van der Waals surface area contributed by atoms with Crippen LogP contribution in [0.15, 0.2) is 36.4 Å². The zero-order chi connectivity index (χ0) is 18.7. The Balaban J connectivity index is 1.60. The summed E-state index contributed by atoms with van der Waals surface area (Å²) in [6.45, 7) is 1.12. The minimum atomic E-state index is -0.994. The first-order valence-corrected chi connectivity index (χ1v) is 8.69. The molecule has 26 heavy (non-hydrogen) atoms. The fraction of sp³-hybridized carbons (Fsp3) is 0.368. The van der Waals surface area contributed by atoms with Crippen LogP contribution in [0.2, 0.25) is 5.02 Å². The van der Waals surface area contributed by atoms with Crippen LogP contribution in [0.5, 0.6) is 11.5 Å². The number of aliphatic hydroxyl groups is 1. The first kappa shape index (κ1) is 18.9. The second-order valence-corrected chi connectivity index (χ2v) is 6.69. The van der Waals surface area contributed by atoms with E-state index in [1.807, 2.05) is 4.90 Å². The van der Waals surface area contributed by atoms with Gasteiger partial charge in [0.1, 0.15) is 18.0 Å². The van der Waals surface area contributed by atoms with E-state index in [0.29, 0.717) is 30.3 Å². The van der Waals surface area contributed by atoms with Gasteiger partial charge >= 0.3 is 0 Å². The minimum absolute atomic E-state index is 0.124. The van der Waals surface area contributed by atoms with E-state index in [9.17, 15) is 13.9 Å². The maximum absolute atomic E-state index is 14.1. The predicted molar refractivity (Wildman–Crippen MR) is 94.7 cm³/mol. The summed E-state index contributed by atoms with van der Waals surface area (Å²) in [4.78, 5) is 1.87. The van der Waals surface area contributed by atoms with Crippen LogP contribution in [0.1, 0.15) is 12.0 Å². The molecule has 1 aliphatic heterocycles. The number of hydrogen-bond donors (Lipinski definition) is 1. The summed E-state index contributed by atoms with van der Waals surface area (Å²) in [6.07, 6.45) is -0.514. The first-order valence-electron chi connectivity index (χ1n) is 8.31. The Morgan fingerprint density at radius 3 is 2.54 bits per heavy atom. The summed E-state index contributed by atoms with van der Waals surface area (Å²) in [6, 6.07) is 9.84. The number of hydrogen-bond acceptors (Lipinski definition) is 4. The normalized spacial score (nSPS) is 20.8. The van der Waals surface area contributed by atoms with Gasteiger partial charge in [0.05, 0.1) is 7.11 Å². The SMILES string of the molecule is COc1ccc(CN2CC[C@@H](Oc3ccc(Cl)cc3)[C@H](O)C2)c(F)c1F. The Morgan fingerprint density at radius 2 is 1.88 bits per heavy atom. The number of rotatable bonds is 5. The molecule has 7 heteroatoms. The van der Waals surface area contributed by atoms with Crippen molar-refractivity contribution in [2.24, 2.45) is 0 Å². The van der Waals surface area contributed by atoms with E-state index in [0.717, 1.165) is 0 Å². The van der Waals surface area contributed by atoms with Crippen molar-refractivity contribution in [3.8, 4) is 11.5 Å². The molecular formula is C19H20ClF2NO3. The fourth-order valence-electron chi connectivity index (χ4n) is 3.04. The van der Waals surface area contributed by atoms with Crippen molar-refractivity contribution in [3.05, 3.63) is 58.6 Å². The Labute approximate surface area is 155 Å². The molecule has 1 heterocycles. The van der Waals surface area contributed by atoms with Gasteiger partial charge in [0, 0.05) is 30.2 Å². The highest BCUT2D eigenvalue weighted by atomic mass is 35.5. The third kappa shape index (κ3) is 4.26. The Hall–Kier alpha value is -1.89. The number of halogens is 3. The Bertz CT molecular complexity index is 757. The predicted octanol–water partition coefficient (Wildman–Crippen LogP) is 3.64. The molecule has 2 aromatic carbocycles. The molecule has 0 amide bonds. The highest BCUT2D eigenvalue weighted by molar-refractivity contribution is 6.30. The van der Waals surface area contributed by atoms with E-state index in [1.54, 1.807) is 24.3 Å². The van der Waals surface area contributed by atoms with E-state index in [2.05, 4.69) is 0 Å². The summed E-state index contributed by atoms with van der Waals surface area (Å²) < 4.78 is 38.5. The van der Waals surface area contributed by atoms with Crippen molar-refractivity contribution >= 4 is 11.6 Å². The van der Waals surface area contributed by atoms with Crippen molar-refractivity contribution < 1.29 is 23.4 Å². The molecule has 1 fully saturated rings. The monoisotopic (exact) mass is 383 g/mol. The maximum atomic E-state index is 14.1. The standard InChI is InChI=1S/C19H20ClF2NO3/c1-25-17-7-2-12(18(21)19(17)22)10-23-9-8-16(15(24)11-23)26-14-5-3-13(20)4-6-14/h2-7,15-16,24H,8-11H2,1H3/t15-,16-/m1/s1. The van der Waals surface area contributed by atoms with Gasteiger partial charge in [-0.2, -0.15) is 4.39 Å². The number of benzene rings is 2. The summed E-state index contributed by atoms with van der Waals surface area (Å²) >= 11 is 5.85. The zero-order valence-electron chi connectivity index (χ0n) is 14.3. The molecule has 3 rings (SSSR count). The van der Waals surface area contributed by atoms with Crippen LogP contribution in [-0.2, 0) is 6.54 Å². The third-order valence-electron chi connectivity index (χ3n) is 4.45. The number of likely N-dealkylation sites (tertiary alicyclic amines) is 1. The van der Waals surface area contributed by atoms with Crippen molar-refractivity contribution in [1.29, 1.82) is 0 Å². The van der Waals surface area contributed by atoms with Gasteiger partial charge in [-0.25, -0.2) is 4.39 Å². The van der Waals surface area contributed by atoms with Gasteiger partial charge in [-0.15, -0.1) is 0 Å². The number of ether oxygens (including phenoxy) is 2. The molecule has 1 N–H and O–H groups in total. The van der Waals surface area contributed by atoms with E-state index in [-0.39, 0.29) is 24.0 Å². The molecule has 0 radical (unpaired) electrons. The van der Waals surface area contributed by atoms with E-state index in [4.69, 9.17) is 21.1 Å². The van der Waals surface area contributed by atoms with Crippen molar-refractivity contribution in [1.82, 2.24) is 4.90 Å². The van der Waals surface area contributed by atoms with Crippen LogP contribution >= 0.6 is 11.6 Å². The molecular weight excluding hydrogens is 364 g/mol. The highest BCUT2D eigenvalue weighted by Gasteiger charge is 2.30.